The van der Waals surface area contributed by atoms with Crippen LogP contribution in [0.4, 0.5) is 11.4 Å². The van der Waals surface area contributed by atoms with Crippen LogP contribution in [0.2, 0.25) is 0 Å². The van der Waals surface area contributed by atoms with Crippen molar-refractivity contribution in [3.8, 4) is 0 Å². The fraction of sp³-hybridized carbons (Fsp3) is 0.571. The topological polar surface area (TPSA) is 52.0 Å². The second-order valence-electron chi connectivity index (χ2n) is 17.8. The lowest BCUT2D eigenvalue weighted by Gasteiger charge is -2.13. The van der Waals surface area contributed by atoms with E-state index in [1.165, 1.54) is 202 Å². The maximum Gasteiger partial charge on any atom is 0.0314 e. The van der Waals surface area contributed by atoms with Crippen LogP contribution in [-0.2, 0) is 38.5 Å². The molecular formula is C56H84N2. The van der Waals surface area contributed by atoms with Crippen molar-refractivity contribution in [2.75, 3.05) is 11.5 Å². The van der Waals surface area contributed by atoms with Crippen LogP contribution in [0.5, 0.6) is 0 Å². The maximum absolute atomic E-state index is 5.90. The Bertz CT molecular complexity index is 1490. The standard InChI is InChI=1S/C56H84N2/c1-3-5-23-29-53-45-49(43-47-33-39-55(57)40-34-47)31-37-51(53)27-25-21-19-17-15-13-11-9-7-8-10-12-14-16-18-20-22-26-28-52-38-32-50(46-54(52)30-24-6-4-2)44-48-35-41-56(58)42-36-48/h31-42,45-46H,3-30,43-44,57-58H2,1-2H3. The lowest BCUT2D eigenvalue weighted by atomic mass is 9.93. The molecule has 0 fully saturated rings. The van der Waals surface area contributed by atoms with Crippen LogP contribution in [0.15, 0.2) is 84.9 Å². The summed E-state index contributed by atoms with van der Waals surface area (Å²) in [5, 5.41) is 0. The van der Waals surface area contributed by atoms with Gasteiger partial charge in [0.05, 0.1) is 0 Å². The molecule has 0 heterocycles. The molecule has 2 nitrogen and oxygen atoms in total. The lowest BCUT2D eigenvalue weighted by molar-refractivity contribution is 0.523. The first kappa shape index (κ1) is 47.2. The molecule has 0 aliphatic carbocycles. The summed E-state index contributed by atoms with van der Waals surface area (Å²) < 4.78 is 0. The minimum absolute atomic E-state index is 0.844. The molecule has 0 radical (unpaired) electrons. The molecular weight excluding hydrogens is 701 g/mol. The van der Waals surface area contributed by atoms with Crippen LogP contribution < -0.4 is 11.5 Å². The summed E-state index contributed by atoms with van der Waals surface area (Å²) in [6.45, 7) is 4.61. The molecule has 0 saturated carbocycles. The average Bonchev–Trinajstić information content (AvgIpc) is 3.23. The summed E-state index contributed by atoms with van der Waals surface area (Å²) in [5.41, 5.74) is 25.4. The average molecular weight is 785 g/mol. The van der Waals surface area contributed by atoms with Gasteiger partial charge in [0.25, 0.3) is 0 Å². The summed E-state index contributed by atoms with van der Waals surface area (Å²) in [7, 11) is 0. The number of hydrogen-bond donors (Lipinski definition) is 2. The third-order valence-electron chi connectivity index (χ3n) is 12.6. The van der Waals surface area contributed by atoms with Crippen molar-refractivity contribution in [3.05, 3.63) is 129 Å². The highest BCUT2D eigenvalue weighted by Crippen LogP contribution is 2.24. The van der Waals surface area contributed by atoms with E-state index in [4.69, 9.17) is 11.5 Å². The molecule has 0 amide bonds. The molecule has 0 spiro atoms. The highest BCUT2D eigenvalue weighted by Gasteiger charge is 2.08. The van der Waals surface area contributed by atoms with Gasteiger partial charge in [0.2, 0.25) is 0 Å². The number of nitrogens with two attached hydrogens (primary N) is 2. The van der Waals surface area contributed by atoms with E-state index in [1.807, 2.05) is 24.3 Å². The molecule has 318 valence electrons. The lowest BCUT2D eigenvalue weighted by Crippen LogP contribution is -1.99. The number of unbranched alkanes of at least 4 members (excludes halogenated alkanes) is 21. The van der Waals surface area contributed by atoms with Crippen LogP contribution in [0.25, 0.3) is 0 Å². The van der Waals surface area contributed by atoms with Crippen molar-refractivity contribution < 1.29 is 0 Å². The Morgan fingerprint density at radius 3 is 0.845 bits per heavy atom. The Hall–Kier alpha value is -3.52. The predicted octanol–water partition coefficient (Wildman–Crippen LogP) is 16.3. The van der Waals surface area contributed by atoms with E-state index >= 15 is 0 Å². The van der Waals surface area contributed by atoms with Crippen molar-refractivity contribution in [1.29, 1.82) is 0 Å². The van der Waals surface area contributed by atoms with E-state index in [1.54, 1.807) is 22.3 Å². The largest absolute Gasteiger partial charge is 0.399 e. The van der Waals surface area contributed by atoms with Gasteiger partial charge in [-0.25, -0.2) is 0 Å². The molecule has 0 atom stereocenters. The second-order valence-corrected chi connectivity index (χ2v) is 17.8. The van der Waals surface area contributed by atoms with Gasteiger partial charge >= 0.3 is 0 Å². The summed E-state index contributed by atoms with van der Waals surface area (Å²) in [5.74, 6) is 0. The predicted molar refractivity (Wildman–Crippen MR) is 257 cm³/mol. The quantitative estimate of drug-likeness (QED) is 0.0373. The minimum Gasteiger partial charge on any atom is -0.399 e. The second kappa shape index (κ2) is 29.7. The van der Waals surface area contributed by atoms with Crippen molar-refractivity contribution >= 4 is 11.4 Å². The maximum atomic E-state index is 5.90. The molecule has 0 aromatic heterocycles. The van der Waals surface area contributed by atoms with Crippen LogP contribution in [0.3, 0.4) is 0 Å². The molecule has 0 unspecified atom stereocenters. The molecule has 4 aromatic rings. The zero-order valence-electron chi connectivity index (χ0n) is 37.5. The first-order chi connectivity index (χ1) is 28.5. The number of nitrogen functional groups attached to an aromatic ring is 2. The Kier molecular flexibility index (Phi) is 24.1. The van der Waals surface area contributed by atoms with Gasteiger partial charge in [-0.15, -0.1) is 0 Å². The number of hydrogen-bond acceptors (Lipinski definition) is 2. The zero-order valence-corrected chi connectivity index (χ0v) is 37.5. The third kappa shape index (κ3) is 20.0. The van der Waals surface area contributed by atoms with Crippen LogP contribution in [0, 0.1) is 0 Å². The number of benzene rings is 4. The molecule has 4 N–H and O–H groups in total. The van der Waals surface area contributed by atoms with E-state index in [-0.39, 0.29) is 0 Å². The SMILES string of the molecule is CCCCCc1cc(Cc2ccc(N)cc2)ccc1CCCCCCCCCCCCCCCCCCCCc1ccc(Cc2ccc(N)cc2)cc1CCCCC. The van der Waals surface area contributed by atoms with Gasteiger partial charge in [-0.3, -0.25) is 0 Å². The van der Waals surface area contributed by atoms with E-state index in [2.05, 4.69) is 74.5 Å². The molecule has 0 aliphatic rings. The Balaban J connectivity index is 0.954. The van der Waals surface area contributed by atoms with Gasteiger partial charge < -0.3 is 11.5 Å². The molecule has 2 heteroatoms. The number of aryl methyl sites for hydroxylation is 4. The van der Waals surface area contributed by atoms with Gasteiger partial charge in [0.15, 0.2) is 0 Å². The molecule has 4 aromatic carbocycles. The number of rotatable bonds is 33. The first-order valence-electron chi connectivity index (χ1n) is 24.4. The third-order valence-corrected chi connectivity index (χ3v) is 12.6. The van der Waals surface area contributed by atoms with E-state index in [0.717, 1.165) is 24.2 Å². The Morgan fingerprint density at radius 1 is 0.276 bits per heavy atom. The summed E-state index contributed by atoms with van der Waals surface area (Å²) >= 11 is 0. The molecule has 0 aliphatic heterocycles. The monoisotopic (exact) mass is 785 g/mol. The van der Waals surface area contributed by atoms with Gasteiger partial charge in [0.1, 0.15) is 0 Å². The minimum atomic E-state index is 0.844. The molecule has 4 rings (SSSR count). The summed E-state index contributed by atoms with van der Waals surface area (Å²) in [4.78, 5) is 0. The van der Waals surface area contributed by atoms with E-state index in [0.29, 0.717) is 0 Å². The van der Waals surface area contributed by atoms with Crippen molar-refractivity contribution in [1.82, 2.24) is 0 Å². The Morgan fingerprint density at radius 2 is 0.534 bits per heavy atom. The summed E-state index contributed by atoms with van der Waals surface area (Å²) in [6, 6.07) is 31.4. The highest BCUT2D eigenvalue weighted by molar-refractivity contribution is 5.43. The first-order valence-corrected chi connectivity index (χ1v) is 24.4. The van der Waals surface area contributed by atoms with Crippen molar-refractivity contribution in [2.24, 2.45) is 0 Å². The molecule has 0 bridgehead atoms. The number of anilines is 2. The Labute approximate surface area is 357 Å². The van der Waals surface area contributed by atoms with Gasteiger partial charge in [0, 0.05) is 11.4 Å². The van der Waals surface area contributed by atoms with Crippen LogP contribution in [-0.4, -0.2) is 0 Å². The van der Waals surface area contributed by atoms with E-state index in [9.17, 15) is 0 Å². The fourth-order valence-corrected chi connectivity index (χ4v) is 8.86. The molecule has 0 saturated heterocycles. The summed E-state index contributed by atoms with van der Waals surface area (Å²) in [6.07, 6.45) is 40.2. The van der Waals surface area contributed by atoms with E-state index < -0.39 is 0 Å². The van der Waals surface area contributed by atoms with Crippen LogP contribution in [0.1, 0.15) is 212 Å². The van der Waals surface area contributed by atoms with Crippen molar-refractivity contribution in [3.63, 3.8) is 0 Å². The smallest absolute Gasteiger partial charge is 0.0314 e. The molecule has 58 heavy (non-hydrogen) atoms. The zero-order chi connectivity index (χ0) is 40.9. The fourth-order valence-electron chi connectivity index (χ4n) is 8.86. The van der Waals surface area contributed by atoms with Crippen LogP contribution >= 0.6 is 0 Å². The van der Waals surface area contributed by atoms with Gasteiger partial charge in [-0.05, 0) is 133 Å². The normalized spacial score (nSPS) is 11.4. The van der Waals surface area contributed by atoms with Gasteiger partial charge in [-0.1, -0.05) is 203 Å². The van der Waals surface area contributed by atoms with Gasteiger partial charge in [-0.2, -0.15) is 0 Å². The van der Waals surface area contributed by atoms with Crippen molar-refractivity contribution in [2.45, 2.75) is 206 Å². The highest BCUT2D eigenvalue weighted by atomic mass is 14.5.